The van der Waals surface area contributed by atoms with Crippen molar-refractivity contribution in [3.8, 4) is 5.75 Å². The number of Topliss-reactive ketones (excluding diaryl/α,β-unsaturated/α-hetero) is 1. The van der Waals surface area contributed by atoms with Gasteiger partial charge >= 0.3 is 0 Å². The molecule has 0 bridgehead atoms. The highest BCUT2D eigenvalue weighted by Crippen LogP contribution is 2.39. The second kappa shape index (κ2) is 9.41. The number of ketones is 1. The standard InChI is InChI=1S/C24H26N2O4/c1-4-16-30-19-12-10-17(11-13-19)21-20(22(27)18-8-6-5-7-9-18)23(28)24(29)26(21)15-14-25(2)3/h4-13,21,27H,1,14-16H2,2-3H3/p+1/t21-/m0/s1. The fourth-order valence-electron chi connectivity index (χ4n) is 3.45. The predicted molar refractivity (Wildman–Crippen MR) is 115 cm³/mol. The molecular weight excluding hydrogens is 380 g/mol. The fraction of sp³-hybridized carbons (Fsp3) is 0.250. The van der Waals surface area contributed by atoms with Crippen LogP contribution in [-0.4, -0.2) is 55.5 Å². The Morgan fingerprint density at radius 1 is 1.13 bits per heavy atom. The first kappa shape index (κ1) is 21.3. The normalized spacial score (nSPS) is 18.1. The molecule has 0 unspecified atom stereocenters. The number of hydrogen-bond donors (Lipinski definition) is 2. The lowest BCUT2D eigenvalue weighted by Crippen LogP contribution is -3.06. The molecule has 1 aliphatic rings. The minimum Gasteiger partial charge on any atom is -0.507 e. The number of amides is 1. The molecule has 1 heterocycles. The zero-order chi connectivity index (χ0) is 21.7. The van der Waals surface area contributed by atoms with Crippen LogP contribution in [-0.2, 0) is 9.59 Å². The molecule has 0 saturated carbocycles. The largest absolute Gasteiger partial charge is 0.507 e. The Hall–Kier alpha value is -3.38. The number of likely N-dealkylation sites (tertiary alicyclic amines) is 1. The zero-order valence-corrected chi connectivity index (χ0v) is 17.3. The highest BCUT2D eigenvalue weighted by Gasteiger charge is 2.46. The van der Waals surface area contributed by atoms with Gasteiger partial charge in [0.15, 0.2) is 0 Å². The smallest absolute Gasteiger partial charge is 0.295 e. The number of aliphatic hydroxyl groups is 1. The average Bonchev–Trinajstić information content (AvgIpc) is 3.01. The highest BCUT2D eigenvalue weighted by atomic mass is 16.5. The molecule has 6 heteroatoms. The third kappa shape index (κ3) is 4.44. The number of nitrogens with one attached hydrogen (secondary N) is 1. The van der Waals surface area contributed by atoms with Crippen molar-refractivity contribution in [2.45, 2.75) is 6.04 Å². The van der Waals surface area contributed by atoms with Crippen molar-refractivity contribution in [3.63, 3.8) is 0 Å². The van der Waals surface area contributed by atoms with Gasteiger partial charge in [-0.05, 0) is 17.7 Å². The first-order chi connectivity index (χ1) is 14.4. The van der Waals surface area contributed by atoms with Crippen LogP contribution in [0.1, 0.15) is 17.2 Å². The monoisotopic (exact) mass is 407 g/mol. The van der Waals surface area contributed by atoms with Gasteiger partial charge in [-0.3, -0.25) is 9.59 Å². The van der Waals surface area contributed by atoms with Gasteiger partial charge < -0.3 is 19.6 Å². The van der Waals surface area contributed by atoms with Gasteiger partial charge in [-0.15, -0.1) is 0 Å². The van der Waals surface area contributed by atoms with E-state index in [1.165, 1.54) is 0 Å². The van der Waals surface area contributed by atoms with Crippen LogP contribution < -0.4 is 9.64 Å². The predicted octanol–water partition coefficient (Wildman–Crippen LogP) is 1.82. The minimum absolute atomic E-state index is 0.111. The van der Waals surface area contributed by atoms with Gasteiger partial charge in [0.05, 0.1) is 38.8 Å². The third-order valence-electron chi connectivity index (χ3n) is 5.00. The summed E-state index contributed by atoms with van der Waals surface area (Å²) in [6, 6.07) is 15.4. The molecule has 1 aliphatic heterocycles. The van der Waals surface area contributed by atoms with Gasteiger partial charge in [-0.25, -0.2) is 0 Å². The van der Waals surface area contributed by atoms with Crippen molar-refractivity contribution in [2.24, 2.45) is 0 Å². The van der Waals surface area contributed by atoms with Crippen molar-refractivity contribution < 1.29 is 24.3 Å². The molecule has 0 aliphatic carbocycles. The van der Waals surface area contributed by atoms with Gasteiger partial charge in [-0.1, -0.05) is 55.1 Å². The second-order valence-electron chi connectivity index (χ2n) is 7.48. The summed E-state index contributed by atoms with van der Waals surface area (Å²) in [5.41, 5.74) is 1.36. The molecule has 2 aromatic rings. The number of aliphatic hydroxyl groups excluding tert-OH is 1. The van der Waals surface area contributed by atoms with Crippen LogP contribution in [0.2, 0.25) is 0 Å². The Bertz CT molecular complexity index is 949. The summed E-state index contributed by atoms with van der Waals surface area (Å²) in [7, 11) is 3.97. The van der Waals surface area contributed by atoms with E-state index < -0.39 is 17.7 Å². The maximum Gasteiger partial charge on any atom is 0.295 e. The molecule has 1 atom stereocenters. The van der Waals surface area contributed by atoms with Crippen LogP contribution in [0.5, 0.6) is 5.75 Å². The Morgan fingerprint density at radius 3 is 2.40 bits per heavy atom. The van der Waals surface area contributed by atoms with E-state index >= 15 is 0 Å². The van der Waals surface area contributed by atoms with Gasteiger partial charge in [0.2, 0.25) is 0 Å². The third-order valence-corrected chi connectivity index (χ3v) is 5.00. The molecule has 1 saturated heterocycles. The second-order valence-corrected chi connectivity index (χ2v) is 7.48. The lowest BCUT2D eigenvalue weighted by molar-refractivity contribution is -0.857. The highest BCUT2D eigenvalue weighted by molar-refractivity contribution is 6.46. The van der Waals surface area contributed by atoms with E-state index in [0.717, 1.165) is 10.5 Å². The molecule has 2 aromatic carbocycles. The van der Waals surface area contributed by atoms with Crippen LogP contribution in [0.15, 0.2) is 72.8 Å². The molecule has 30 heavy (non-hydrogen) atoms. The lowest BCUT2D eigenvalue weighted by Gasteiger charge is -2.25. The van der Waals surface area contributed by atoms with Crippen molar-refractivity contribution in [3.05, 3.63) is 84.0 Å². The van der Waals surface area contributed by atoms with Crippen molar-refractivity contribution >= 4 is 17.4 Å². The summed E-state index contributed by atoms with van der Waals surface area (Å²) in [5.74, 6) is -0.755. The SMILES string of the molecule is C=CCOc1ccc([C@H]2C(=C(O)c3ccccc3)C(=O)C(=O)N2CC[NH+](C)C)cc1. The average molecular weight is 407 g/mol. The van der Waals surface area contributed by atoms with E-state index in [9.17, 15) is 14.7 Å². The van der Waals surface area contributed by atoms with E-state index in [1.54, 1.807) is 47.4 Å². The summed E-state index contributed by atoms with van der Waals surface area (Å²) in [6.45, 7) is 5.10. The number of likely N-dealkylation sites (N-methyl/N-ethyl adjacent to an activating group) is 1. The number of ether oxygens (including phenoxy) is 1. The van der Waals surface area contributed by atoms with E-state index in [1.807, 2.05) is 32.3 Å². The zero-order valence-electron chi connectivity index (χ0n) is 17.3. The molecule has 0 spiro atoms. The maximum atomic E-state index is 12.9. The van der Waals surface area contributed by atoms with Crippen LogP contribution in [0.25, 0.3) is 5.76 Å². The number of nitrogens with zero attached hydrogens (tertiary/aromatic N) is 1. The van der Waals surface area contributed by atoms with Crippen molar-refractivity contribution in [1.29, 1.82) is 0 Å². The molecule has 1 amide bonds. The number of rotatable bonds is 8. The van der Waals surface area contributed by atoms with Gasteiger partial charge in [-0.2, -0.15) is 0 Å². The number of benzene rings is 2. The van der Waals surface area contributed by atoms with Crippen molar-refractivity contribution in [2.75, 3.05) is 33.8 Å². The summed E-state index contributed by atoms with van der Waals surface area (Å²) in [4.78, 5) is 28.5. The fourth-order valence-corrected chi connectivity index (χ4v) is 3.45. The number of hydrogen-bond acceptors (Lipinski definition) is 4. The van der Waals surface area contributed by atoms with E-state index in [0.29, 0.717) is 31.0 Å². The summed E-state index contributed by atoms with van der Waals surface area (Å²) >= 11 is 0. The lowest BCUT2D eigenvalue weighted by atomic mass is 9.95. The van der Waals surface area contributed by atoms with E-state index in [4.69, 9.17) is 4.74 Å². The van der Waals surface area contributed by atoms with Crippen molar-refractivity contribution in [1.82, 2.24) is 4.90 Å². The van der Waals surface area contributed by atoms with Gasteiger partial charge in [0.1, 0.15) is 18.1 Å². The number of quaternary nitrogens is 1. The minimum atomic E-state index is -0.665. The first-order valence-corrected chi connectivity index (χ1v) is 9.90. The Labute approximate surface area is 176 Å². The molecule has 156 valence electrons. The number of carbonyl (C=O) groups is 2. The Balaban J connectivity index is 2.06. The van der Waals surface area contributed by atoms with Crippen LogP contribution in [0.3, 0.4) is 0 Å². The molecular formula is C24H27N2O4+. The van der Waals surface area contributed by atoms with Gasteiger partial charge in [0, 0.05) is 5.56 Å². The molecule has 0 aromatic heterocycles. The molecule has 1 fully saturated rings. The molecule has 6 nitrogen and oxygen atoms in total. The quantitative estimate of drug-likeness (QED) is 0.303. The van der Waals surface area contributed by atoms with Crippen LogP contribution in [0.4, 0.5) is 0 Å². The van der Waals surface area contributed by atoms with Crippen LogP contribution >= 0.6 is 0 Å². The van der Waals surface area contributed by atoms with Gasteiger partial charge in [0.25, 0.3) is 11.7 Å². The summed E-state index contributed by atoms with van der Waals surface area (Å²) in [5, 5.41) is 10.9. The maximum absolute atomic E-state index is 12.9. The molecule has 0 radical (unpaired) electrons. The summed E-state index contributed by atoms with van der Waals surface area (Å²) in [6.07, 6.45) is 1.66. The first-order valence-electron chi connectivity index (χ1n) is 9.90. The summed E-state index contributed by atoms with van der Waals surface area (Å²) < 4.78 is 5.53. The topological polar surface area (TPSA) is 71.3 Å². The number of carbonyl (C=O) groups excluding carboxylic acids is 2. The Kier molecular flexibility index (Phi) is 6.69. The van der Waals surface area contributed by atoms with E-state index in [-0.39, 0.29) is 11.3 Å². The van der Waals surface area contributed by atoms with E-state index in [2.05, 4.69) is 6.58 Å². The molecule has 2 N–H and O–H groups in total. The Morgan fingerprint density at radius 2 is 1.80 bits per heavy atom. The van der Waals surface area contributed by atoms with Crippen LogP contribution in [0, 0.1) is 0 Å². The molecule has 3 rings (SSSR count).